The van der Waals surface area contributed by atoms with Crippen LogP contribution in [0.5, 0.6) is 5.75 Å². The molecule has 1 heterocycles. The summed E-state index contributed by atoms with van der Waals surface area (Å²) in [6.45, 7) is 6.39. The molecule has 3 nitrogen and oxygen atoms in total. The number of rotatable bonds is 4. The van der Waals surface area contributed by atoms with Crippen molar-refractivity contribution in [2.24, 2.45) is 11.1 Å². The zero-order valence-electron chi connectivity index (χ0n) is 11.1. The zero-order valence-corrected chi connectivity index (χ0v) is 12.7. The number of ether oxygens (including phenoxy) is 2. The zero-order chi connectivity index (χ0) is 13.4. The first kappa shape index (κ1) is 13.8. The molecule has 0 bridgehead atoms. The van der Waals surface area contributed by atoms with Gasteiger partial charge in [-0.25, -0.2) is 0 Å². The van der Waals surface area contributed by atoms with Crippen LogP contribution in [-0.2, 0) is 10.2 Å². The van der Waals surface area contributed by atoms with Gasteiger partial charge in [-0.15, -0.1) is 0 Å². The molecule has 2 rings (SSSR count). The van der Waals surface area contributed by atoms with E-state index in [2.05, 4.69) is 35.8 Å². The molecule has 1 aromatic rings. The molecule has 1 aliphatic rings. The van der Waals surface area contributed by atoms with Crippen molar-refractivity contribution in [2.45, 2.75) is 19.3 Å². The van der Waals surface area contributed by atoms with Crippen molar-refractivity contribution >= 4 is 15.9 Å². The van der Waals surface area contributed by atoms with Gasteiger partial charge in [0.25, 0.3) is 0 Å². The van der Waals surface area contributed by atoms with E-state index in [-0.39, 0.29) is 10.8 Å². The van der Waals surface area contributed by atoms with E-state index in [1.54, 1.807) is 7.11 Å². The van der Waals surface area contributed by atoms with Crippen molar-refractivity contribution in [3.63, 3.8) is 0 Å². The smallest absolute Gasteiger partial charge is 0.122 e. The topological polar surface area (TPSA) is 44.5 Å². The summed E-state index contributed by atoms with van der Waals surface area (Å²) in [4.78, 5) is 0. The molecular weight excluding hydrogens is 294 g/mol. The van der Waals surface area contributed by atoms with E-state index in [0.717, 1.165) is 10.2 Å². The Kier molecular flexibility index (Phi) is 3.72. The first-order chi connectivity index (χ1) is 8.47. The van der Waals surface area contributed by atoms with E-state index in [1.165, 1.54) is 5.56 Å². The lowest BCUT2D eigenvalue weighted by Crippen LogP contribution is -2.59. The average Bonchev–Trinajstić information content (AvgIpc) is 2.27. The van der Waals surface area contributed by atoms with Crippen molar-refractivity contribution in [3.05, 3.63) is 28.2 Å². The first-order valence-corrected chi connectivity index (χ1v) is 6.88. The van der Waals surface area contributed by atoms with Gasteiger partial charge in [-0.1, -0.05) is 29.8 Å². The van der Waals surface area contributed by atoms with Gasteiger partial charge in [0.15, 0.2) is 0 Å². The quantitative estimate of drug-likeness (QED) is 0.929. The van der Waals surface area contributed by atoms with Crippen molar-refractivity contribution in [2.75, 3.05) is 26.9 Å². The van der Waals surface area contributed by atoms with Gasteiger partial charge in [0.2, 0.25) is 0 Å². The van der Waals surface area contributed by atoms with Crippen LogP contribution in [0.15, 0.2) is 22.7 Å². The highest BCUT2D eigenvalue weighted by Crippen LogP contribution is 2.50. The highest BCUT2D eigenvalue weighted by Gasteiger charge is 2.52. The summed E-state index contributed by atoms with van der Waals surface area (Å²) in [5, 5.41) is 0. The van der Waals surface area contributed by atoms with Gasteiger partial charge in [0, 0.05) is 10.0 Å². The molecule has 0 atom stereocenters. The van der Waals surface area contributed by atoms with E-state index in [4.69, 9.17) is 15.2 Å². The van der Waals surface area contributed by atoms with Gasteiger partial charge >= 0.3 is 0 Å². The van der Waals surface area contributed by atoms with Crippen molar-refractivity contribution < 1.29 is 9.47 Å². The van der Waals surface area contributed by atoms with Gasteiger partial charge in [-0.2, -0.15) is 0 Å². The van der Waals surface area contributed by atoms with Gasteiger partial charge in [0.05, 0.1) is 25.7 Å². The minimum Gasteiger partial charge on any atom is -0.496 e. The monoisotopic (exact) mass is 313 g/mol. The highest BCUT2D eigenvalue weighted by molar-refractivity contribution is 9.10. The van der Waals surface area contributed by atoms with Gasteiger partial charge < -0.3 is 15.2 Å². The van der Waals surface area contributed by atoms with Crippen LogP contribution in [0.4, 0.5) is 0 Å². The molecule has 1 aromatic carbocycles. The third kappa shape index (κ3) is 1.96. The second-order valence-electron chi connectivity index (χ2n) is 5.51. The van der Waals surface area contributed by atoms with Crippen LogP contribution in [0.3, 0.4) is 0 Å². The van der Waals surface area contributed by atoms with E-state index in [1.807, 2.05) is 12.1 Å². The summed E-state index contributed by atoms with van der Waals surface area (Å²) in [7, 11) is 1.70. The summed E-state index contributed by atoms with van der Waals surface area (Å²) in [6.07, 6.45) is 0. The lowest BCUT2D eigenvalue weighted by molar-refractivity contribution is -0.117. The fourth-order valence-corrected chi connectivity index (χ4v) is 2.83. The van der Waals surface area contributed by atoms with Gasteiger partial charge in [-0.05, 0) is 30.2 Å². The molecule has 0 amide bonds. The minimum absolute atomic E-state index is 0.0284. The molecule has 4 heteroatoms. The molecule has 100 valence electrons. The maximum absolute atomic E-state index is 5.96. The molecule has 2 N–H and O–H groups in total. The predicted molar refractivity (Wildman–Crippen MR) is 76.0 cm³/mol. The summed E-state index contributed by atoms with van der Waals surface area (Å²) in [5.41, 5.74) is 7.06. The van der Waals surface area contributed by atoms with Crippen LogP contribution in [0.25, 0.3) is 0 Å². The lowest BCUT2D eigenvalue weighted by atomic mass is 9.60. The van der Waals surface area contributed by atoms with E-state index >= 15 is 0 Å². The van der Waals surface area contributed by atoms with Crippen molar-refractivity contribution in [3.8, 4) is 5.75 Å². The standard InChI is InChI=1S/C14H20BrNO2/c1-13(2,7-16)14(8-18-9-14)11-6-10(15)4-5-12(11)17-3/h4-6H,7-9,16H2,1-3H3. The summed E-state index contributed by atoms with van der Waals surface area (Å²) < 4.78 is 12.1. The number of nitrogens with two attached hydrogens (primary N) is 1. The van der Waals surface area contributed by atoms with Crippen molar-refractivity contribution in [1.29, 1.82) is 0 Å². The predicted octanol–water partition coefficient (Wildman–Crippen LogP) is 2.71. The number of benzene rings is 1. The molecule has 1 fully saturated rings. The molecule has 0 aliphatic carbocycles. The fourth-order valence-electron chi connectivity index (χ4n) is 2.47. The molecule has 0 saturated carbocycles. The summed E-state index contributed by atoms with van der Waals surface area (Å²) >= 11 is 3.53. The van der Waals surface area contributed by atoms with E-state index in [9.17, 15) is 0 Å². The lowest BCUT2D eigenvalue weighted by Gasteiger charge is -2.52. The van der Waals surface area contributed by atoms with Crippen LogP contribution in [0.2, 0.25) is 0 Å². The van der Waals surface area contributed by atoms with Crippen LogP contribution in [-0.4, -0.2) is 26.9 Å². The van der Waals surface area contributed by atoms with Crippen LogP contribution >= 0.6 is 15.9 Å². The van der Waals surface area contributed by atoms with Crippen LogP contribution < -0.4 is 10.5 Å². The molecule has 0 aromatic heterocycles. The second kappa shape index (κ2) is 4.83. The Hall–Kier alpha value is -0.580. The minimum atomic E-state index is -0.0587. The number of methoxy groups -OCH3 is 1. The van der Waals surface area contributed by atoms with E-state index in [0.29, 0.717) is 19.8 Å². The molecule has 1 aliphatic heterocycles. The Morgan fingerprint density at radius 3 is 2.56 bits per heavy atom. The third-order valence-corrected chi connectivity index (χ3v) is 4.67. The number of halogens is 1. The molecular formula is C14H20BrNO2. The average molecular weight is 314 g/mol. The normalized spacial score (nSPS) is 18.3. The molecule has 18 heavy (non-hydrogen) atoms. The fraction of sp³-hybridized carbons (Fsp3) is 0.571. The molecule has 0 radical (unpaired) electrons. The Morgan fingerprint density at radius 2 is 2.11 bits per heavy atom. The molecule has 0 unspecified atom stereocenters. The Morgan fingerprint density at radius 1 is 1.44 bits per heavy atom. The summed E-state index contributed by atoms with van der Waals surface area (Å²) in [5.74, 6) is 0.906. The van der Waals surface area contributed by atoms with Crippen molar-refractivity contribution in [1.82, 2.24) is 0 Å². The molecule has 0 spiro atoms. The van der Waals surface area contributed by atoms with E-state index < -0.39 is 0 Å². The maximum Gasteiger partial charge on any atom is 0.122 e. The Bertz CT molecular complexity index is 441. The van der Waals surface area contributed by atoms with Crippen LogP contribution in [0, 0.1) is 5.41 Å². The highest BCUT2D eigenvalue weighted by atomic mass is 79.9. The van der Waals surface area contributed by atoms with Gasteiger partial charge in [0.1, 0.15) is 5.75 Å². The van der Waals surface area contributed by atoms with Gasteiger partial charge in [-0.3, -0.25) is 0 Å². The Labute approximate surface area is 117 Å². The number of hydrogen-bond acceptors (Lipinski definition) is 3. The SMILES string of the molecule is COc1ccc(Br)cc1C1(C(C)(C)CN)COC1. The first-order valence-electron chi connectivity index (χ1n) is 6.09. The third-order valence-electron chi connectivity index (χ3n) is 4.18. The second-order valence-corrected chi connectivity index (χ2v) is 6.42. The molecule has 1 saturated heterocycles. The maximum atomic E-state index is 5.96. The summed E-state index contributed by atoms with van der Waals surface area (Å²) in [6, 6.07) is 6.11. The Balaban J connectivity index is 2.54. The van der Waals surface area contributed by atoms with Crippen LogP contribution in [0.1, 0.15) is 19.4 Å². The largest absolute Gasteiger partial charge is 0.496 e. The number of hydrogen-bond donors (Lipinski definition) is 1.